The molecular formula is C17H22N2O. The zero-order chi connectivity index (χ0) is 14.6. The van der Waals surface area contributed by atoms with Crippen LogP contribution in [-0.4, -0.2) is 20.5 Å². The highest BCUT2D eigenvalue weighted by Gasteiger charge is 2.22. The Morgan fingerprint density at radius 3 is 2.30 bits per heavy atom. The minimum Gasteiger partial charge on any atom is -0.508 e. The van der Waals surface area contributed by atoms with Gasteiger partial charge < -0.3 is 5.11 Å². The molecule has 106 valence electrons. The van der Waals surface area contributed by atoms with Crippen molar-refractivity contribution in [1.29, 1.82) is 0 Å². The van der Waals surface area contributed by atoms with Crippen LogP contribution in [0.15, 0.2) is 48.7 Å². The predicted molar refractivity (Wildman–Crippen MR) is 81.3 cm³/mol. The van der Waals surface area contributed by atoms with Crippen LogP contribution in [0, 0.1) is 0 Å². The lowest BCUT2D eigenvalue weighted by atomic mass is 10.0. The Morgan fingerprint density at radius 1 is 1.00 bits per heavy atom. The number of pyridine rings is 1. The second kappa shape index (κ2) is 6.06. The molecule has 0 radical (unpaired) electrons. The van der Waals surface area contributed by atoms with Gasteiger partial charge in [0.25, 0.3) is 0 Å². The summed E-state index contributed by atoms with van der Waals surface area (Å²) in [5.41, 5.74) is 1.98. The lowest BCUT2D eigenvalue weighted by molar-refractivity contribution is 0.116. The van der Waals surface area contributed by atoms with Gasteiger partial charge in [-0.05, 0) is 39.0 Å². The fourth-order valence-electron chi connectivity index (χ4n) is 2.07. The molecule has 0 bridgehead atoms. The Balaban J connectivity index is 2.19. The molecule has 0 aliphatic carbocycles. The van der Waals surface area contributed by atoms with Gasteiger partial charge in [-0.3, -0.25) is 9.88 Å². The summed E-state index contributed by atoms with van der Waals surface area (Å²) in [6.07, 6.45) is 1.82. The highest BCUT2D eigenvalue weighted by molar-refractivity contribution is 5.31. The van der Waals surface area contributed by atoms with Crippen LogP contribution < -0.4 is 0 Å². The minimum atomic E-state index is -0.000196. The zero-order valence-corrected chi connectivity index (χ0v) is 12.4. The van der Waals surface area contributed by atoms with Crippen molar-refractivity contribution in [3.63, 3.8) is 0 Å². The number of aromatic nitrogens is 1. The van der Waals surface area contributed by atoms with Crippen molar-refractivity contribution in [3.05, 3.63) is 59.9 Å². The molecule has 20 heavy (non-hydrogen) atoms. The number of hydrogen-bond acceptors (Lipinski definition) is 3. The van der Waals surface area contributed by atoms with E-state index in [-0.39, 0.29) is 5.54 Å². The molecule has 0 unspecified atom stereocenters. The summed E-state index contributed by atoms with van der Waals surface area (Å²) in [6, 6.07) is 13.5. The minimum absolute atomic E-state index is 0.000196. The zero-order valence-electron chi connectivity index (χ0n) is 12.4. The van der Waals surface area contributed by atoms with Gasteiger partial charge in [-0.15, -0.1) is 0 Å². The topological polar surface area (TPSA) is 36.4 Å². The molecule has 0 aliphatic heterocycles. The maximum Gasteiger partial charge on any atom is 0.120 e. The monoisotopic (exact) mass is 270 g/mol. The van der Waals surface area contributed by atoms with Crippen molar-refractivity contribution in [3.8, 4) is 5.75 Å². The Bertz CT molecular complexity index is 546. The van der Waals surface area contributed by atoms with E-state index in [0.717, 1.165) is 17.8 Å². The number of aromatic hydroxyl groups is 1. The number of benzene rings is 1. The van der Waals surface area contributed by atoms with Gasteiger partial charge >= 0.3 is 0 Å². The summed E-state index contributed by atoms with van der Waals surface area (Å²) in [5.74, 6) is 0.350. The van der Waals surface area contributed by atoms with Crippen LogP contribution in [0.3, 0.4) is 0 Å². The first-order valence-corrected chi connectivity index (χ1v) is 6.88. The molecule has 2 aromatic rings. The third-order valence-corrected chi connectivity index (χ3v) is 3.38. The van der Waals surface area contributed by atoms with Gasteiger partial charge in [-0.1, -0.05) is 24.3 Å². The third kappa shape index (κ3) is 3.81. The number of para-hydroxylation sites is 1. The lowest BCUT2D eigenvalue weighted by Gasteiger charge is -2.35. The van der Waals surface area contributed by atoms with E-state index >= 15 is 0 Å². The van der Waals surface area contributed by atoms with Crippen molar-refractivity contribution >= 4 is 0 Å². The number of phenolic OH excluding ortho intramolecular Hbond substituents is 1. The van der Waals surface area contributed by atoms with E-state index in [2.05, 4.69) is 30.7 Å². The fourth-order valence-corrected chi connectivity index (χ4v) is 2.07. The number of phenols is 1. The van der Waals surface area contributed by atoms with Gasteiger partial charge in [0, 0.05) is 30.4 Å². The molecule has 0 fully saturated rings. The van der Waals surface area contributed by atoms with Crippen molar-refractivity contribution in [2.45, 2.75) is 39.4 Å². The van der Waals surface area contributed by atoms with Crippen LogP contribution in [-0.2, 0) is 13.1 Å². The molecule has 0 saturated heterocycles. The van der Waals surface area contributed by atoms with Gasteiger partial charge in [-0.2, -0.15) is 0 Å². The molecule has 1 aromatic carbocycles. The SMILES string of the molecule is CC(C)(C)N(Cc1ccccn1)Cc1ccccc1O. The summed E-state index contributed by atoms with van der Waals surface area (Å²) in [5, 5.41) is 9.95. The van der Waals surface area contributed by atoms with E-state index in [1.54, 1.807) is 6.07 Å². The Morgan fingerprint density at radius 2 is 1.70 bits per heavy atom. The lowest BCUT2D eigenvalue weighted by Crippen LogP contribution is -2.40. The van der Waals surface area contributed by atoms with E-state index in [1.807, 2.05) is 42.6 Å². The molecule has 0 saturated carbocycles. The van der Waals surface area contributed by atoms with Crippen molar-refractivity contribution in [2.24, 2.45) is 0 Å². The van der Waals surface area contributed by atoms with Crippen LogP contribution in [0.2, 0.25) is 0 Å². The van der Waals surface area contributed by atoms with E-state index in [0.29, 0.717) is 12.3 Å². The van der Waals surface area contributed by atoms with Crippen LogP contribution >= 0.6 is 0 Å². The van der Waals surface area contributed by atoms with Crippen LogP contribution in [0.1, 0.15) is 32.0 Å². The Labute approximate surface area is 120 Å². The van der Waals surface area contributed by atoms with Crippen LogP contribution in [0.5, 0.6) is 5.75 Å². The third-order valence-electron chi connectivity index (χ3n) is 3.38. The second-order valence-corrected chi connectivity index (χ2v) is 5.98. The normalized spacial score (nSPS) is 11.8. The Hall–Kier alpha value is -1.87. The summed E-state index contributed by atoms with van der Waals surface area (Å²) in [6.45, 7) is 7.99. The molecule has 1 N–H and O–H groups in total. The molecule has 3 nitrogen and oxygen atoms in total. The largest absolute Gasteiger partial charge is 0.508 e. The molecule has 3 heteroatoms. The van der Waals surface area contributed by atoms with E-state index in [9.17, 15) is 5.11 Å². The van der Waals surface area contributed by atoms with Crippen LogP contribution in [0.4, 0.5) is 0 Å². The Kier molecular flexibility index (Phi) is 4.40. The number of nitrogens with zero attached hydrogens (tertiary/aromatic N) is 2. The maximum atomic E-state index is 9.95. The van der Waals surface area contributed by atoms with E-state index in [1.165, 1.54) is 0 Å². The molecule has 0 amide bonds. The first-order chi connectivity index (χ1) is 9.47. The van der Waals surface area contributed by atoms with Crippen LogP contribution in [0.25, 0.3) is 0 Å². The summed E-state index contributed by atoms with van der Waals surface area (Å²) in [4.78, 5) is 6.70. The molecular weight excluding hydrogens is 248 g/mol. The molecule has 0 aliphatic rings. The van der Waals surface area contributed by atoms with Gasteiger partial charge in [0.15, 0.2) is 0 Å². The first kappa shape index (κ1) is 14.5. The van der Waals surface area contributed by atoms with Gasteiger partial charge in [0.1, 0.15) is 5.75 Å². The van der Waals surface area contributed by atoms with E-state index in [4.69, 9.17) is 0 Å². The molecule has 1 heterocycles. The standard InChI is InChI=1S/C17H22N2O/c1-17(2,3)19(13-15-9-6-7-11-18-15)12-14-8-4-5-10-16(14)20/h4-11,20H,12-13H2,1-3H3. The number of hydrogen-bond donors (Lipinski definition) is 1. The second-order valence-electron chi connectivity index (χ2n) is 5.98. The molecule has 0 spiro atoms. The number of rotatable bonds is 4. The van der Waals surface area contributed by atoms with Crippen molar-refractivity contribution in [2.75, 3.05) is 0 Å². The summed E-state index contributed by atoms with van der Waals surface area (Å²) >= 11 is 0. The van der Waals surface area contributed by atoms with Gasteiger partial charge in [0.05, 0.1) is 5.69 Å². The average molecular weight is 270 g/mol. The fraction of sp³-hybridized carbons (Fsp3) is 0.353. The quantitative estimate of drug-likeness (QED) is 0.922. The summed E-state index contributed by atoms with van der Waals surface area (Å²) < 4.78 is 0. The summed E-state index contributed by atoms with van der Waals surface area (Å²) in [7, 11) is 0. The van der Waals surface area contributed by atoms with Crippen molar-refractivity contribution < 1.29 is 5.11 Å². The van der Waals surface area contributed by atoms with E-state index < -0.39 is 0 Å². The van der Waals surface area contributed by atoms with Gasteiger partial charge in [0.2, 0.25) is 0 Å². The highest BCUT2D eigenvalue weighted by Crippen LogP contribution is 2.24. The maximum absolute atomic E-state index is 9.95. The van der Waals surface area contributed by atoms with Crippen molar-refractivity contribution in [1.82, 2.24) is 9.88 Å². The molecule has 1 aromatic heterocycles. The molecule has 2 rings (SSSR count). The average Bonchev–Trinajstić information content (AvgIpc) is 2.40. The van der Waals surface area contributed by atoms with Gasteiger partial charge in [-0.25, -0.2) is 0 Å². The highest BCUT2D eigenvalue weighted by atomic mass is 16.3. The first-order valence-electron chi connectivity index (χ1n) is 6.88. The predicted octanol–water partition coefficient (Wildman–Crippen LogP) is 3.59. The smallest absolute Gasteiger partial charge is 0.120 e. The molecule has 0 atom stereocenters.